The van der Waals surface area contributed by atoms with Gasteiger partial charge in [-0.05, 0) is 37.0 Å². The monoisotopic (exact) mass is 161 g/mol. The van der Waals surface area contributed by atoms with Crippen LogP contribution in [0.25, 0.3) is 6.08 Å². The third-order valence-electron chi connectivity index (χ3n) is 1.98. The van der Waals surface area contributed by atoms with Crippen molar-refractivity contribution in [1.82, 2.24) is 4.98 Å². The molecule has 0 radical (unpaired) electrons. The zero-order valence-electron chi connectivity index (χ0n) is 7.96. The number of hydrogen-bond acceptors (Lipinski definition) is 1. The summed E-state index contributed by atoms with van der Waals surface area (Å²) >= 11 is 0. The Morgan fingerprint density at radius 3 is 2.75 bits per heavy atom. The van der Waals surface area contributed by atoms with Gasteiger partial charge >= 0.3 is 0 Å². The molecule has 12 heavy (non-hydrogen) atoms. The molecule has 0 fully saturated rings. The van der Waals surface area contributed by atoms with Gasteiger partial charge < -0.3 is 0 Å². The Labute approximate surface area is 74.2 Å². The minimum Gasteiger partial charge on any atom is -0.264 e. The van der Waals surface area contributed by atoms with Crippen LogP contribution in [0.1, 0.15) is 30.5 Å². The lowest BCUT2D eigenvalue weighted by molar-refractivity contribution is 1.08. The van der Waals surface area contributed by atoms with E-state index < -0.39 is 0 Å². The van der Waals surface area contributed by atoms with Gasteiger partial charge in [0.25, 0.3) is 0 Å². The van der Waals surface area contributed by atoms with Gasteiger partial charge in [0.2, 0.25) is 0 Å². The van der Waals surface area contributed by atoms with Crippen LogP contribution in [0.5, 0.6) is 0 Å². The lowest BCUT2D eigenvalue weighted by Gasteiger charge is -2.05. The molecule has 0 unspecified atom stereocenters. The molecular weight excluding hydrogens is 146 g/mol. The first-order chi connectivity index (χ1) is 5.79. The van der Waals surface area contributed by atoms with Crippen molar-refractivity contribution >= 4 is 6.08 Å². The summed E-state index contributed by atoms with van der Waals surface area (Å²) in [6, 6.07) is 0. The molecular formula is C11H15N. The van der Waals surface area contributed by atoms with Crippen molar-refractivity contribution in [2.24, 2.45) is 0 Å². The molecule has 0 aliphatic heterocycles. The van der Waals surface area contributed by atoms with E-state index in [0.717, 1.165) is 6.42 Å². The second-order valence-corrected chi connectivity index (χ2v) is 2.88. The van der Waals surface area contributed by atoms with Crippen LogP contribution in [-0.4, -0.2) is 4.98 Å². The zero-order chi connectivity index (χ0) is 8.97. The Balaban J connectivity index is 3.19. The normalized spacial score (nSPS) is 10.9. The van der Waals surface area contributed by atoms with E-state index in [1.807, 2.05) is 19.3 Å². The average molecular weight is 161 g/mol. The second kappa shape index (κ2) is 4.05. The minimum absolute atomic E-state index is 1.05. The molecule has 0 N–H and O–H groups in total. The van der Waals surface area contributed by atoms with Gasteiger partial charge in [-0.25, -0.2) is 0 Å². The summed E-state index contributed by atoms with van der Waals surface area (Å²) in [7, 11) is 0. The van der Waals surface area contributed by atoms with Crippen LogP contribution in [0.2, 0.25) is 0 Å². The number of aromatic nitrogens is 1. The predicted molar refractivity (Wildman–Crippen MR) is 53.1 cm³/mol. The molecule has 0 aliphatic carbocycles. The molecule has 0 amide bonds. The van der Waals surface area contributed by atoms with E-state index in [-0.39, 0.29) is 0 Å². The predicted octanol–water partition coefficient (Wildman–Crippen LogP) is 2.99. The summed E-state index contributed by atoms with van der Waals surface area (Å²) in [4.78, 5) is 4.16. The molecule has 0 saturated heterocycles. The number of rotatable bonds is 2. The van der Waals surface area contributed by atoms with Gasteiger partial charge in [-0.3, -0.25) is 4.98 Å². The van der Waals surface area contributed by atoms with Crippen molar-refractivity contribution in [3.05, 3.63) is 35.2 Å². The van der Waals surface area contributed by atoms with Gasteiger partial charge in [0.05, 0.1) is 0 Å². The number of hydrogen-bond donors (Lipinski definition) is 0. The van der Waals surface area contributed by atoms with Crippen molar-refractivity contribution in [3.8, 4) is 0 Å². The number of nitrogens with zero attached hydrogens (tertiary/aromatic N) is 1. The second-order valence-electron chi connectivity index (χ2n) is 2.88. The Morgan fingerprint density at radius 1 is 1.42 bits per heavy atom. The van der Waals surface area contributed by atoms with Crippen molar-refractivity contribution < 1.29 is 0 Å². The first-order valence-corrected chi connectivity index (χ1v) is 4.35. The van der Waals surface area contributed by atoms with Crippen LogP contribution in [0, 0.1) is 6.92 Å². The molecule has 0 bridgehead atoms. The highest BCUT2D eigenvalue weighted by atomic mass is 14.6. The maximum atomic E-state index is 4.16. The van der Waals surface area contributed by atoms with Crippen molar-refractivity contribution in [3.63, 3.8) is 0 Å². The third kappa shape index (κ3) is 1.73. The molecule has 1 rings (SSSR count). The summed E-state index contributed by atoms with van der Waals surface area (Å²) < 4.78 is 0. The molecule has 0 aliphatic rings. The van der Waals surface area contributed by atoms with Crippen LogP contribution in [0.3, 0.4) is 0 Å². The van der Waals surface area contributed by atoms with E-state index >= 15 is 0 Å². The van der Waals surface area contributed by atoms with Crippen LogP contribution in [-0.2, 0) is 6.42 Å². The van der Waals surface area contributed by atoms with E-state index in [4.69, 9.17) is 0 Å². The quantitative estimate of drug-likeness (QED) is 0.649. The molecule has 0 aromatic carbocycles. The fourth-order valence-electron chi connectivity index (χ4n) is 1.32. The van der Waals surface area contributed by atoms with E-state index in [1.165, 1.54) is 16.7 Å². The van der Waals surface area contributed by atoms with Gasteiger partial charge in [-0.2, -0.15) is 0 Å². The molecule has 64 valence electrons. The largest absolute Gasteiger partial charge is 0.264 e. The highest BCUT2D eigenvalue weighted by molar-refractivity contribution is 5.56. The topological polar surface area (TPSA) is 12.9 Å². The van der Waals surface area contributed by atoms with E-state index in [2.05, 4.69) is 31.0 Å². The lowest BCUT2D eigenvalue weighted by atomic mass is 10.0. The first kappa shape index (κ1) is 8.98. The van der Waals surface area contributed by atoms with Gasteiger partial charge in [-0.1, -0.05) is 19.1 Å². The summed E-state index contributed by atoms with van der Waals surface area (Å²) in [6.45, 7) is 6.30. The standard InChI is InChI=1S/C11H15N/c1-4-6-11-9(3)7-12-8-10(11)5-2/h4,6-8H,5H2,1-3H3/b6-4-. The Kier molecular flexibility index (Phi) is 3.03. The summed E-state index contributed by atoms with van der Waals surface area (Å²) in [6.07, 6.45) is 9.13. The smallest absolute Gasteiger partial charge is 0.0305 e. The van der Waals surface area contributed by atoms with Gasteiger partial charge in [0.15, 0.2) is 0 Å². The van der Waals surface area contributed by atoms with E-state index in [0.29, 0.717) is 0 Å². The molecule has 1 heteroatoms. The van der Waals surface area contributed by atoms with Crippen LogP contribution in [0.15, 0.2) is 18.5 Å². The van der Waals surface area contributed by atoms with Crippen molar-refractivity contribution in [2.75, 3.05) is 0 Å². The summed E-state index contributed by atoms with van der Waals surface area (Å²) in [5.74, 6) is 0. The molecule has 1 aromatic rings. The summed E-state index contributed by atoms with van der Waals surface area (Å²) in [5, 5.41) is 0. The van der Waals surface area contributed by atoms with Crippen molar-refractivity contribution in [2.45, 2.75) is 27.2 Å². The SMILES string of the molecule is C/C=C\c1c(C)cncc1CC. The molecule has 0 atom stereocenters. The maximum absolute atomic E-state index is 4.16. The average Bonchev–Trinajstić information content (AvgIpc) is 2.09. The van der Waals surface area contributed by atoms with Crippen LogP contribution < -0.4 is 0 Å². The maximum Gasteiger partial charge on any atom is 0.0305 e. The Bertz CT molecular complexity index is 287. The molecule has 1 aromatic heterocycles. The Morgan fingerprint density at radius 2 is 2.17 bits per heavy atom. The zero-order valence-corrected chi connectivity index (χ0v) is 7.96. The van der Waals surface area contributed by atoms with E-state index in [9.17, 15) is 0 Å². The van der Waals surface area contributed by atoms with Gasteiger partial charge in [-0.15, -0.1) is 0 Å². The third-order valence-corrected chi connectivity index (χ3v) is 1.98. The first-order valence-electron chi connectivity index (χ1n) is 4.35. The molecule has 1 nitrogen and oxygen atoms in total. The summed E-state index contributed by atoms with van der Waals surface area (Å²) in [5.41, 5.74) is 3.91. The van der Waals surface area contributed by atoms with Crippen molar-refractivity contribution in [1.29, 1.82) is 0 Å². The van der Waals surface area contributed by atoms with Gasteiger partial charge in [0, 0.05) is 12.4 Å². The fourth-order valence-corrected chi connectivity index (χ4v) is 1.32. The lowest BCUT2D eigenvalue weighted by Crippen LogP contribution is -1.91. The highest BCUT2D eigenvalue weighted by Gasteiger charge is 1.99. The molecule has 0 spiro atoms. The Hall–Kier alpha value is -1.11. The number of pyridine rings is 1. The number of aryl methyl sites for hydroxylation is 2. The van der Waals surface area contributed by atoms with Gasteiger partial charge in [0.1, 0.15) is 0 Å². The molecule has 0 saturated carbocycles. The molecule has 1 heterocycles. The minimum atomic E-state index is 1.05. The van der Waals surface area contributed by atoms with Crippen LogP contribution >= 0.6 is 0 Å². The number of allylic oxidation sites excluding steroid dienone is 1. The fraction of sp³-hybridized carbons (Fsp3) is 0.364. The highest BCUT2D eigenvalue weighted by Crippen LogP contribution is 2.14. The van der Waals surface area contributed by atoms with Crippen LogP contribution in [0.4, 0.5) is 0 Å². The van der Waals surface area contributed by atoms with E-state index in [1.54, 1.807) is 0 Å².